The number of rotatable bonds is 9. The van der Waals surface area contributed by atoms with Crippen LogP contribution < -0.4 is 11.1 Å². The van der Waals surface area contributed by atoms with Crippen LogP contribution in [0.15, 0.2) is 65.6 Å². The van der Waals surface area contributed by atoms with E-state index in [0.29, 0.717) is 23.5 Å². The van der Waals surface area contributed by atoms with Crippen molar-refractivity contribution in [3.8, 4) is 0 Å². The molecule has 2 aromatic carbocycles. The average Bonchev–Trinajstić information content (AvgIpc) is 3.17. The normalized spacial score (nSPS) is 13.9. The van der Waals surface area contributed by atoms with Gasteiger partial charge in [-0.3, -0.25) is 14.5 Å². The lowest BCUT2D eigenvalue weighted by Gasteiger charge is -2.27. The van der Waals surface area contributed by atoms with Gasteiger partial charge in [-0.25, -0.2) is 8.42 Å². The van der Waals surface area contributed by atoms with E-state index < -0.39 is 15.7 Å². The largest absolute Gasteiger partial charge is 0.365 e. The molecule has 3 N–H and O–H groups in total. The summed E-state index contributed by atoms with van der Waals surface area (Å²) in [6.07, 6.45) is 0.903. The van der Waals surface area contributed by atoms with Crippen LogP contribution in [0.25, 0.3) is 0 Å². The first-order chi connectivity index (χ1) is 16.3. The Hall–Kier alpha value is -3.01. The number of primary amides is 1. The first-order valence-electron chi connectivity index (χ1n) is 11.1. The summed E-state index contributed by atoms with van der Waals surface area (Å²) < 4.78 is 24.8. The lowest BCUT2D eigenvalue weighted by atomic mass is 10.0. The zero-order valence-corrected chi connectivity index (χ0v) is 20.3. The van der Waals surface area contributed by atoms with Gasteiger partial charge >= 0.3 is 0 Å². The van der Waals surface area contributed by atoms with Crippen LogP contribution in [0, 0.1) is 0 Å². The third kappa shape index (κ3) is 5.72. The third-order valence-corrected chi connectivity index (χ3v) is 8.75. The summed E-state index contributed by atoms with van der Waals surface area (Å²) in [4.78, 5) is 28.3. The van der Waals surface area contributed by atoms with Gasteiger partial charge in [0.15, 0.2) is 9.84 Å². The molecular formula is C25H27N3O4S2. The molecule has 178 valence electrons. The van der Waals surface area contributed by atoms with E-state index in [2.05, 4.69) is 22.3 Å². The first-order valence-corrected chi connectivity index (χ1v) is 13.6. The van der Waals surface area contributed by atoms with E-state index in [-0.39, 0.29) is 29.4 Å². The monoisotopic (exact) mass is 497 g/mol. The van der Waals surface area contributed by atoms with Gasteiger partial charge in [0.1, 0.15) is 5.00 Å². The SMILES string of the molecule is NC(=O)c1c(NC(=O)CCCS(=O)(=O)c2ccccc2)sc2c1CCN(Cc1ccccc1)C2. The van der Waals surface area contributed by atoms with Crippen LogP contribution in [-0.2, 0) is 34.1 Å². The number of sulfone groups is 1. The summed E-state index contributed by atoms with van der Waals surface area (Å²) in [5.74, 6) is -1.01. The molecule has 34 heavy (non-hydrogen) atoms. The van der Waals surface area contributed by atoms with E-state index in [4.69, 9.17) is 5.73 Å². The minimum absolute atomic E-state index is 0.0347. The second-order valence-electron chi connectivity index (χ2n) is 8.30. The molecule has 0 spiro atoms. The summed E-state index contributed by atoms with van der Waals surface area (Å²) in [6, 6.07) is 18.4. The highest BCUT2D eigenvalue weighted by molar-refractivity contribution is 7.91. The van der Waals surface area contributed by atoms with Gasteiger partial charge < -0.3 is 11.1 Å². The summed E-state index contributed by atoms with van der Waals surface area (Å²) in [7, 11) is -3.44. The van der Waals surface area contributed by atoms with Gasteiger partial charge in [-0.05, 0) is 36.1 Å². The Labute approximate surface area is 203 Å². The number of nitrogens with zero attached hydrogens (tertiary/aromatic N) is 1. The fourth-order valence-electron chi connectivity index (χ4n) is 4.14. The maximum Gasteiger partial charge on any atom is 0.251 e. The van der Waals surface area contributed by atoms with E-state index in [1.165, 1.54) is 16.9 Å². The minimum Gasteiger partial charge on any atom is -0.365 e. The molecule has 2 amide bonds. The maximum atomic E-state index is 12.6. The van der Waals surface area contributed by atoms with Crippen molar-refractivity contribution in [1.29, 1.82) is 0 Å². The molecule has 0 fully saturated rings. The topological polar surface area (TPSA) is 110 Å². The van der Waals surface area contributed by atoms with Gasteiger partial charge in [0.05, 0.1) is 16.2 Å². The predicted molar refractivity (Wildman–Crippen MR) is 133 cm³/mol. The van der Waals surface area contributed by atoms with E-state index in [0.717, 1.165) is 23.5 Å². The average molecular weight is 498 g/mol. The number of carbonyl (C=O) groups is 2. The maximum absolute atomic E-state index is 12.6. The van der Waals surface area contributed by atoms with Crippen LogP contribution in [0.1, 0.15) is 39.2 Å². The Balaban J connectivity index is 1.39. The Bertz CT molecular complexity index is 1270. The Morgan fingerprint density at radius 2 is 1.71 bits per heavy atom. The molecule has 9 heteroatoms. The summed E-state index contributed by atoms with van der Waals surface area (Å²) in [5.41, 5.74) is 8.17. The molecule has 0 bridgehead atoms. The molecule has 7 nitrogen and oxygen atoms in total. The lowest BCUT2D eigenvalue weighted by molar-refractivity contribution is -0.116. The zero-order valence-electron chi connectivity index (χ0n) is 18.7. The van der Waals surface area contributed by atoms with Gasteiger partial charge in [0, 0.05) is 30.9 Å². The van der Waals surface area contributed by atoms with Crippen LogP contribution in [0.4, 0.5) is 5.00 Å². The quantitative estimate of drug-likeness (QED) is 0.469. The number of amides is 2. The number of hydrogen-bond acceptors (Lipinski definition) is 6. The van der Waals surface area contributed by atoms with Gasteiger partial charge in [-0.2, -0.15) is 0 Å². The first kappa shape index (κ1) is 24.1. The van der Waals surface area contributed by atoms with Crippen molar-refractivity contribution in [3.63, 3.8) is 0 Å². The van der Waals surface area contributed by atoms with Crippen LogP contribution >= 0.6 is 11.3 Å². The van der Waals surface area contributed by atoms with Crippen LogP contribution in [0.5, 0.6) is 0 Å². The number of benzene rings is 2. The van der Waals surface area contributed by atoms with Crippen molar-refractivity contribution < 1.29 is 18.0 Å². The van der Waals surface area contributed by atoms with Crippen molar-refractivity contribution in [2.24, 2.45) is 5.73 Å². The van der Waals surface area contributed by atoms with E-state index in [1.54, 1.807) is 30.3 Å². The summed E-state index contributed by atoms with van der Waals surface area (Å²) in [6.45, 7) is 2.28. The highest BCUT2D eigenvalue weighted by Crippen LogP contribution is 2.37. The van der Waals surface area contributed by atoms with Gasteiger partial charge in [0.2, 0.25) is 5.91 Å². The Morgan fingerprint density at radius 1 is 1.03 bits per heavy atom. The molecule has 2 heterocycles. The van der Waals surface area contributed by atoms with Crippen molar-refractivity contribution in [2.45, 2.75) is 37.2 Å². The lowest BCUT2D eigenvalue weighted by Crippen LogP contribution is -2.30. The van der Waals surface area contributed by atoms with Gasteiger partial charge in [-0.1, -0.05) is 48.5 Å². The molecule has 0 aliphatic carbocycles. The number of fused-ring (bicyclic) bond motifs is 1. The predicted octanol–water partition coefficient (Wildman–Crippen LogP) is 3.60. The van der Waals surface area contributed by atoms with Crippen molar-refractivity contribution in [1.82, 2.24) is 4.90 Å². The van der Waals surface area contributed by atoms with Crippen molar-refractivity contribution >= 4 is 38.0 Å². The standard InChI is InChI=1S/C25H27N3O4S2/c26-24(30)23-20-13-14-28(16-18-8-3-1-4-9-18)17-21(20)33-25(23)27-22(29)12-7-15-34(31,32)19-10-5-2-6-11-19/h1-6,8-11H,7,12-17H2,(H2,26,30)(H,27,29). The molecule has 1 aliphatic rings. The smallest absolute Gasteiger partial charge is 0.251 e. The molecule has 0 atom stereocenters. The van der Waals surface area contributed by atoms with Crippen molar-refractivity contribution in [2.75, 3.05) is 17.6 Å². The fraction of sp³-hybridized carbons (Fsp3) is 0.280. The Morgan fingerprint density at radius 3 is 2.38 bits per heavy atom. The number of carbonyl (C=O) groups excluding carboxylic acids is 2. The second kappa shape index (κ2) is 10.5. The fourth-order valence-corrected chi connectivity index (χ4v) is 6.78. The molecule has 4 rings (SSSR count). The highest BCUT2D eigenvalue weighted by Gasteiger charge is 2.27. The number of nitrogens with one attached hydrogen (secondary N) is 1. The van der Waals surface area contributed by atoms with E-state index in [1.807, 2.05) is 18.2 Å². The van der Waals surface area contributed by atoms with Gasteiger partial charge in [-0.15, -0.1) is 11.3 Å². The minimum atomic E-state index is -3.44. The Kier molecular flexibility index (Phi) is 7.45. The molecule has 3 aromatic rings. The molecule has 0 saturated heterocycles. The van der Waals surface area contributed by atoms with E-state index >= 15 is 0 Å². The third-order valence-electron chi connectivity index (χ3n) is 5.80. The zero-order chi connectivity index (χ0) is 24.1. The van der Waals surface area contributed by atoms with Crippen LogP contribution in [-0.4, -0.2) is 37.4 Å². The highest BCUT2D eigenvalue weighted by atomic mass is 32.2. The summed E-state index contributed by atoms with van der Waals surface area (Å²) >= 11 is 1.38. The van der Waals surface area contributed by atoms with Crippen LogP contribution in [0.2, 0.25) is 0 Å². The van der Waals surface area contributed by atoms with E-state index in [9.17, 15) is 18.0 Å². The molecule has 0 unspecified atom stereocenters. The number of nitrogens with two attached hydrogens (primary N) is 1. The van der Waals surface area contributed by atoms with Gasteiger partial charge in [0.25, 0.3) is 5.91 Å². The number of hydrogen-bond donors (Lipinski definition) is 2. The number of anilines is 1. The van der Waals surface area contributed by atoms with Crippen molar-refractivity contribution in [3.05, 3.63) is 82.2 Å². The van der Waals surface area contributed by atoms with Crippen LogP contribution in [0.3, 0.4) is 0 Å². The molecule has 1 aliphatic heterocycles. The summed E-state index contributed by atoms with van der Waals surface area (Å²) in [5, 5.41) is 3.26. The molecular weight excluding hydrogens is 470 g/mol. The molecule has 0 radical (unpaired) electrons. The molecule has 1 aromatic heterocycles. The molecule has 0 saturated carbocycles. The number of thiophene rings is 1. The second-order valence-corrected chi connectivity index (χ2v) is 11.5.